The number of ether oxygens (including phenoxy) is 2. The highest BCUT2D eigenvalue weighted by Crippen LogP contribution is 2.34. The van der Waals surface area contributed by atoms with E-state index in [-0.39, 0.29) is 29.0 Å². The number of carbonyl (C=O) groups is 1. The van der Waals surface area contributed by atoms with E-state index >= 15 is 0 Å². The molecule has 3 heterocycles. The predicted molar refractivity (Wildman–Crippen MR) is 120 cm³/mol. The van der Waals surface area contributed by atoms with Crippen molar-refractivity contribution in [3.8, 4) is 11.4 Å². The average molecular weight is 491 g/mol. The molecule has 0 aliphatic heterocycles. The summed E-state index contributed by atoms with van der Waals surface area (Å²) in [6.45, 7) is 5.33. The van der Waals surface area contributed by atoms with Crippen LogP contribution < -0.4 is 0 Å². The highest BCUT2D eigenvalue weighted by Gasteiger charge is 2.31. The van der Waals surface area contributed by atoms with Gasteiger partial charge in [-0.05, 0) is 18.2 Å². The maximum absolute atomic E-state index is 13.2. The van der Waals surface area contributed by atoms with Crippen molar-refractivity contribution in [2.24, 2.45) is 12.5 Å². The van der Waals surface area contributed by atoms with Gasteiger partial charge in [0.1, 0.15) is 29.2 Å². The first kappa shape index (κ1) is 24.6. The number of hydrogen-bond acceptors (Lipinski definition) is 7. The molecule has 0 saturated carbocycles. The number of esters is 1. The third-order valence-electron chi connectivity index (χ3n) is 5.50. The molecule has 1 N–H and O–H groups in total. The molecule has 0 spiro atoms. The molecule has 0 fully saturated rings. The molecule has 35 heavy (non-hydrogen) atoms. The lowest BCUT2D eigenvalue weighted by Crippen LogP contribution is -2.29. The van der Waals surface area contributed by atoms with Crippen molar-refractivity contribution in [2.45, 2.75) is 40.0 Å². The van der Waals surface area contributed by atoms with Crippen molar-refractivity contribution in [1.82, 2.24) is 24.3 Å². The van der Waals surface area contributed by atoms with Crippen molar-refractivity contribution in [3.05, 3.63) is 41.7 Å². The van der Waals surface area contributed by atoms with Crippen molar-refractivity contribution < 1.29 is 32.5 Å². The Balaban J connectivity index is 1.80. The standard InChI is InChI=1S/C23H24F3N5O4/c1-22(2,3)21(33)35-11-31-10-14(20(32)34-5)18-19(31)27-9-15(28-18)17-13-7-6-12(23(24,25)26)8-16(13)30(4)29-17/h6-10,21,33H,11H2,1-5H3. The van der Waals surface area contributed by atoms with E-state index in [9.17, 15) is 23.1 Å². The Morgan fingerprint density at radius 3 is 2.57 bits per heavy atom. The van der Waals surface area contributed by atoms with Crippen molar-refractivity contribution >= 4 is 28.0 Å². The van der Waals surface area contributed by atoms with Crippen LogP contribution in [0.1, 0.15) is 36.7 Å². The molecule has 0 saturated heterocycles. The summed E-state index contributed by atoms with van der Waals surface area (Å²) < 4.78 is 52.7. The van der Waals surface area contributed by atoms with Gasteiger partial charge in [0.05, 0.1) is 24.4 Å². The highest BCUT2D eigenvalue weighted by molar-refractivity contribution is 6.02. The molecule has 3 aromatic heterocycles. The Morgan fingerprint density at radius 1 is 1.23 bits per heavy atom. The molecule has 4 rings (SSSR count). The van der Waals surface area contributed by atoms with Crippen LogP contribution in [0.3, 0.4) is 0 Å². The van der Waals surface area contributed by atoms with E-state index in [1.54, 1.807) is 0 Å². The minimum absolute atomic E-state index is 0.104. The molecular formula is C23H24F3N5O4. The van der Waals surface area contributed by atoms with Crippen LogP contribution in [0.25, 0.3) is 33.5 Å². The summed E-state index contributed by atoms with van der Waals surface area (Å²) in [4.78, 5) is 21.4. The first-order valence-corrected chi connectivity index (χ1v) is 10.6. The summed E-state index contributed by atoms with van der Waals surface area (Å²) in [5.41, 5.74) is 0.152. The Hall–Kier alpha value is -3.51. The zero-order valence-corrected chi connectivity index (χ0v) is 19.7. The van der Waals surface area contributed by atoms with Gasteiger partial charge in [-0.3, -0.25) is 4.68 Å². The molecular weight excluding hydrogens is 467 g/mol. The molecule has 0 amide bonds. The van der Waals surface area contributed by atoms with Crippen LogP contribution in [0, 0.1) is 5.41 Å². The van der Waals surface area contributed by atoms with Gasteiger partial charge < -0.3 is 19.1 Å². The largest absolute Gasteiger partial charge is 0.465 e. The van der Waals surface area contributed by atoms with Crippen LogP contribution in [-0.4, -0.2) is 48.8 Å². The topological polar surface area (TPSA) is 104 Å². The number of carbonyl (C=O) groups excluding carboxylic acids is 1. The maximum Gasteiger partial charge on any atom is 0.416 e. The van der Waals surface area contributed by atoms with Gasteiger partial charge >= 0.3 is 12.1 Å². The molecule has 1 atom stereocenters. The van der Waals surface area contributed by atoms with Gasteiger partial charge in [-0.15, -0.1) is 0 Å². The normalized spacial score (nSPS) is 13.5. The Morgan fingerprint density at radius 2 is 1.94 bits per heavy atom. The van der Waals surface area contributed by atoms with E-state index in [0.717, 1.165) is 12.1 Å². The maximum atomic E-state index is 13.2. The lowest BCUT2D eigenvalue weighted by molar-refractivity contribution is -0.178. The summed E-state index contributed by atoms with van der Waals surface area (Å²) in [5, 5.41) is 15.0. The summed E-state index contributed by atoms with van der Waals surface area (Å²) in [7, 11) is 2.76. The van der Waals surface area contributed by atoms with E-state index < -0.39 is 29.4 Å². The Bertz CT molecular complexity index is 1420. The molecule has 9 nitrogen and oxygen atoms in total. The van der Waals surface area contributed by atoms with Gasteiger partial charge in [-0.25, -0.2) is 14.8 Å². The molecule has 186 valence electrons. The van der Waals surface area contributed by atoms with Crippen LogP contribution in [0.5, 0.6) is 0 Å². The van der Waals surface area contributed by atoms with Crippen molar-refractivity contribution in [2.75, 3.05) is 7.11 Å². The third kappa shape index (κ3) is 4.58. The molecule has 0 radical (unpaired) electrons. The van der Waals surface area contributed by atoms with Gasteiger partial charge in [0.25, 0.3) is 0 Å². The van der Waals surface area contributed by atoms with Crippen LogP contribution in [-0.2, 0) is 29.4 Å². The lowest BCUT2D eigenvalue weighted by Gasteiger charge is -2.25. The fourth-order valence-electron chi connectivity index (χ4n) is 3.55. The number of alkyl halides is 3. The SMILES string of the molecule is COC(=O)c1cn(COC(O)C(C)(C)C)c2ncc(-c3nn(C)c4cc(C(F)(F)F)ccc34)nc12. The van der Waals surface area contributed by atoms with Crippen molar-refractivity contribution in [3.63, 3.8) is 0 Å². The van der Waals surface area contributed by atoms with Crippen LogP contribution in [0.2, 0.25) is 0 Å². The zero-order valence-electron chi connectivity index (χ0n) is 19.7. The van der Waals surface area contributed by atoms with Gasteiger partial charge in [-0.1, -0.05) is 20.8 Å². The minimum atomic E-state index is -4.49. The Labute approximate surface area is 198 Å². The second kappa shape index (κ2) is 8.61. The number of methoxy groups -OCH3 is 1. The average Bonchev–Trinajstić information content (AvgIpc) is 3.32. The fraction of sp³-hybridized carbons (Fsp3) is 0.391. The predicted octanol–water partition coefficient (Wildman–Crippen LogP) is 4.13. The highest BCUT2D eigenvalue weighted by atomic mass is 19.4. The quantitative estimate of drug-likeness (QED) is 0.331. The number of hydrogen-bond donors (Lipinski definition) is 1. The number of benzene rings is 1. The van der Waals surface area contributed by atoms with Gasteiger partial charge in [-0.2, -0.15) is 18.3 Å². The van der Waals surface area contributed by atoms with Crippen LogP contribution in [0.15, 0.2) is 30.6 Å². The molecule has 0 aliphatic rings. The second-order valence-electron chi connectivity index (χ2n) is 9.15. The molecule has 1 unspecified atom stereocenters. The zero-order chi connectivity index (χ0) is 25.7. The lowest BCUT2D eigenvalue weighted by atomic mass is 9.96. The van der Waals surface area contributed by atoms with Gasteiger partial charge in [0.2, 0.25) is 0 Å². The number of aromatic nitrogens is 5. The third-order valence-corrected chi connectivity index (χ3v) is 5.50. The number of aliphatic hydroxyl groups is 1. The van der Waals surface area contributed by atoms with Gasteiger partial charge in [0.15, 0.2) is 11.9 Å². The molecule has 1 aromatic carbocycles. The summed E-state index contributed by atoms with van der Waals surface area (Å²) in [6.07, 6.45) is -2.69. The van der Waals surface area contributed by atoms with Crippen LogP contribution in [0.4, 0.5) is 13.2 Å². The van der Waals surface area contributed by atoms with E-state index in [0.29, 0.717) is 16.7 Å². The monoisotopic (exact) mass is 491 g/mol. The van der Waals surface area contributed by atoms with E-state index in [4.69, 9.17) is 9.47 Å². The van der Waals surface area contributed by atoms with E-state index in [1.807, 2.05) is 20.8 Å². The number of aryl methyl sites for hydroxylation is 1. The molecule has 0 aliphatic carbocycles. The first-order chi connectivity index (χ1) is 16.3. The summed E-state index contributed by atoms with van der Waals surface area (Å²) in [5.74, 6) is -0.655. The number of aliphatic hydroxyl groups excluding tert-OH is 1. The van der Waals surface area contributed by atoms with Crippen molar-refractivity contribution in [1.29, 1.82) is 0 Å². The summed E-state index contributed by atoms with van der Waals surface area (Å²) in [6, 6.07) is 3.33. The number of halogens is 3. The first-order valence-electron chi connectivity index (χ1n) is 10.6. The van der Waals surface area contributed by atoms with Gasteiger partial charge in [0, 0.05) is 24.0 Å². The van der Waals surface area contributed by atoms with Crippen LogP contribution >= 0.6 is 0 Å². The van der Waals surface area contributed by atoms with E-state index in [2.05, 4.69) is 15.1 Å². The molecule has 12 heteroatoms. The molecule has 4 aromatic rings. The smallest absolute Gasteiger partial charge is 0.416 e. The second-order valence-corrected chi connectivity index (χ2v) is 9.15. The number of nitrogens with zero attached hydrogens (tertiary/aromatic N) is 5. The number of rotatable bonds is 5. The summed E-state index contributed by atoms with van der Waals surface area (Å²) >= 11 is 0. The molecule has 0 bridgehead atoms. The fourth-order valence-corrected chi connectivity index (χ4v) is 3.55. The minimum Gasteiger partial charge on any atom is -0.465 e. The number of fused-ring (bicyclic) bond motifs is 2. The van der Waals surface area contributed by atoms with E-state index in [1.165, 1.54) is 41.9 Å². The Kier molecular flexibility index (Phi) is 6.05.